The second-order valence-electron chi connectivity index (χ2n) is 5.73. The van der Waals surface area contributed by atoms with Gasteiger partial charge in [0.25, 0.3) is 0 Å². The van der Waals surface area contributed by atoms with Gasteiger partial charge in [0, 0.05) is 6.54 Å². The number of benzene rings is 1. The second kappa shape index (κ2) is 9.40. The van der Waals surface area contributed by atoms with Crippen LogP contribution in [0.3, 0.4) is 0 Å². The van der Waals surface area contributed by atoms with E-state index < -0.39 is 0 Å². The van der Waals surface area contributed by atoms with E-state index in [0.717, 1.165) is 37.8 Å². The van der Waals surface area contributed by atoms with Crippen molar-refractivity contribution in [3.63, 3.8) is 0 Å². The lowest BCUT2D eigenvalue weighted by Crippen LogP contribution is -2.40. The monoisotopic (exact) mass is 332 g/mol. The van der Waals surface area contributed by atoms with Gasteiger partial charge in [0.05, 0.1) is 17.5 Å². The summed E-state index contributed by atoms with van der Waals surface area (Å²) in [7, 11) is 0. The number of amides is 2. The van der Waals surface area contributed by atoms with E-state index in [1.165, 1.54) is 11.8 Å². The summed E-state index contributed by atoms with van der Waals surface area (Å²) < 4.78 is 0. The molecular weight excluding hydrogens is 308 g/mol. The molecule has 4 nitrogen and oxygen atoms in total. The van der Waals surface area contributed by atoms with Gasteiger partial charge < -0.3 is 10.6 Å². The number of likely N-dealkylation sites (tertiary alicyclic amines) is 1. The molecule has 2 amide bonds. The normalized spacial score (nSPS) is 18.8. The highest BCUT2D eigenvalue weighted by atomic mass is 32.2. The topological polar surface area (TPSA) is 63.4 Å². The molecule has 0 aromatic heterocycles. The maximum Gasteiger partial charge on any atom is 0.233 e. The summed E-state index contributed by atoms with van der Waals surface area (Å²) in [6.45, 7) is 0.791. The fourth-order valence-electron chi connectivity index (χ4n) is 2.75. The van der Waals surface area contributed by atoms with Crippen molar-refractivity contribution in [1.29, 1.82) is 0 Å². The quantitative estimate of drug-likeness (QED) is 0.871. The lowest BCUT2D eigenvalue weighted by molar-refractivity contribution is -0.129. The molecule has 1 aromatic rings. The van der Waals surface area contributed by atoms with Gasteiger partial charge in [0.15, 0.2) is 0 Å². The molecule has 0 bridgehead atoms. The highest BCUT2D eigenvalue weighted by Crippen LogP contribution is 2.20. The number of rotatable bonds is 6. The van der Waals surface area contributed by atoms with Crippen LogP contribution in [-0.2, 0) is 9.59 Å². The average Bonchev–Trinajstić information content (AvgIpc) is 2.79. The van der Waals surface area contributed by atoms with Crippen LogP contribution in [0.15, 0.2) is 36.4 Å². The van der Waals surface area contributed by atoms with Gasteiger partial charge in [0.1, 0.15) is 0 Å². The minimum absolute atomic E-state index is 0.0980. The van der Waals surface area contributed by atoms with Crippen molar-refractivity contribution in [2.75, 3.05) is 18.1 Å². The molecule has 1 atom stereocenters. The Bertz CT molecular complexity index is 545. The molecule has 1 aliphatic heterocycles. The third-order valence-electron chi connectivity index (χ3n) is 3.90. The summed E-state index contributed by atoms with van der Waals surface area (Å²) in [5.41, 5.74) is 6.27. The molecular formula is C18H24N2O2S. The van der Waals surface area contributed by atoms with Crippen LogP contribution >= 0.6 is 11.8 Å². The highest BCUT2D eigenvalue weighted by Gasteiger charge is 2.23. The molecule has 2 N–H and O–H groups in total. The van der Waals surface area contributed by atoms with E-state index in [0.29, 0.717) is 5.75 Å². The summed E-state index contributed by atoms with van der Waals surface area (Å²) in [6, 6.07) is 10.3. The van der Waals surface area contributed by atoms with Crippen molar-refractivity contribution < 1.29 is 9.59 Å². The van der Waals surface area contributed by atoms with Gasteiger partial charge in [-0.1, -0.05) is 55.3 Å². The first-order chi connectivity index (χ1) is 11.2. The maximum atomic E-state index is 12.5. The molecule has 5 heteroatoms. The van der Waals surface area contributed by atoms with Gasteiger partial charge in [-0.15, -0.1) is 11.8 Å². The predicted octanol–water partition coefficient (Wildman–Crippen LogP) is 2.69. The zero-order valence-corrected chi connectivity index (χ0v) is 14.1. The summed E-state index contributed by atoms with van der Waals surface area (Å²) in [6.07, 6.45) is 8.57. The highest BCUT2D eigenvalue weighted by molar-refractivity contribution is 8.00. The minimum Gasteiger partial charge on any atom is -0.369 e. The summed E-state index contributed by atoms with van der Waals surface area (Å²) >= 11 is 1.30. The number of hydrogen-bond acceptors (Lipinski definition) is 3. The molecule has 1 unspecified atom stereocenters. The Morgan fingerprint density at radius 1 is 1.17 bits per heavy atom. The van der Waals surface area contributed by atoms with Crippen molar-refractivity contribution in [2.45, 2.75) is 31.7 Å². The molecule has 1 aromatic carbocycles. The van der Waals surface area contributed by atoms with Crippen LogP contribution < -0.4 is 5.73 Å². The zero-order valence-electron chi connectivity index (χ0n) is 13.3. The summed E-state index contributed by atoms with van der Waals surface area (Å²) in [5.74, 6) is 0.239. The van der Waals surface area contributed by atoms with E-state index in [1.54, 1.807) is 0 Å². The van der Waals surface area contributed by atoms with Crippen LogP contribution in [0.1, 0.15) is 31.2 Å². The van der Waals surface area contributed by atoms with Gasteiger partial charge in [-0.25, -0.2) is 0 Å². The molecule has 0 radical (unpaired) electrons. The molecule has 1 heterocycles. The van der Waals surface area contributed by atoms with E-state index in [4.69, 9.17) is 5.73 Å². The van der Waals surface area contributed by atoms with Crippen LogP contribution in [-0.4, -0.2) is 40.8 Å². The molecule has 0 spiro atoms. The van der Waals surface area contributed by atoms with Crippen LogP contribution in [0.2, 0.25) is 0 Å². The first-order valence-corrected chi connectivity index (χ1v) is 9.21. The van der Waals surface area contributed by atoms with Gasteiger partial charge in [-0.3, -0.25) is 9.59 Å². The molecule has 23 heavy (non-hydrogen) atoms. The smallest absolute Gasteiger partial charge is 0.233 e. The van der Waals surface area contributed by atoms with E-state index in [2.05, 4.69) is 24.3 Å². The number of hydrogen-bond donors (Lipinski definition) is 1. The number of thioether (sulfide) groups is 1. The Morgan fingerprint density at radius 2 is 1.96 bits per heavy atom. The van der Waals surface area contributed by atoms with Crippen molar-refractivity contribution in [2.24, 2.45) is 5.73 Å². The van der Waals surface area contributed by atoms with Gasteiger partial charge >= 0.3 is 0 Å². The molecule has 1 aliphatic rings. The van der Waals surface area contributed by atoms with Gasteiger partial charge in [-0.05, 0) is 18.4 Å². The van der Waals surface area contributed by atoms with Crippen LogP contribution in [0.4, 0.5) is 0 Å². The second-order valence-corrected chi connectivity index (χ2v) is 6.72. The van der Waals surface area contributed by atoms with E-state index in [9.17, 15) is 9.59 Å². The number of nitrogens with zero attached hydrogens (tertiary/aromatic N) is 1. The molecule has 1 saturated heterocycles. The van der Waals surface area contributed by atoms with Crippen molar-refractivity contribution in [1.82, 2.24) is 4.90 Å². The Balaban J connectivity index is 1.99. The van der Waals surface area contributed by atoms with E-state index in [1.807, 2.05) is 23.1 Å². The summed E-state index contributed by atoms with van der Waals surface area (Å²) in [5, 5.41) is 0. The van der Waals surface area contributed by atoms with Crippen LogP contribution in [0, 0.1) is 0 Å². The van der Waals surface area contributed by atoms with Crippen LogP contribution in [0.5, 0.6) is 0 Å². The fraction of sp³-hybridized carbons (Fsp3) is 0.444. The average molecular weight is 332 g/mol. The first-order valence-electron chi connectivity index (χ1n) is 8.05. The molecule has 0 aliphatic carbocycles. The molecule has 124 valence electrons. The number of primary amides is 1. The van der Waals surface area contributed by atoms with Crippen LogP contribution in [0.25, 0.3) is 6.08 Å². The maximum absolute atomic E-state index is 12.5. The lowest BCUT2D eigenvalue weighted by Gasteiger charge is -2.28. The van der Waals surface area contributed by atoms with E-state index >= 15 is 0 Å². The van der Waals surface area contributed by atoms with E-state index in [-0.39, 0.29) is 23.6 Å². The first kappa shape index (κ1) is 17.6. The Morgan fingerprint density at radius 3 is 2.70 bits per heavy atom. The predicted molar refractivity (Wildman–Crippen MR) is 96.0 cm³/mol. The Hall–Kier alpha value is -1.75. The minimum atomic E-state index is -0.376. The Kier molecular flexibility index (Phi) is 7.20. The van der Waals surface area contributed by atoms with Gasteiger partial charge in [-0.2, -0.15) is 0 Å². The van der Waals surface area contributed by atoms with Crippen molar-refractivity contribution >= 4 is 29.7 Å². The number of carbonyl (C=O) groups is 2. The van der Waals surface area contributed by atoms with Gasteiger partial charge in [0.2, 0.25) is 11.8 Å². The molecule has 2 rings (SSSR count). The molecule has 0 saturated carbocycles. The van der Waals surface area contributed by atoms with Crippen molar-refractivity contribution in [3.8, 4) is 0 Å². The number of carbonyl (C=O) groups excluding carboxylic acids is 2. The Labute approximate surface area is 142 Å². The number of nitrogens with two attached hydrogens (primary N) is 1. The van der Waals surface area contributed by atoms with Crippen molar-refractivity contribution in [3.05, 3.63) is 42.0 Å². The summed E-state index contributed by atoms with van der Waals surface area (Å²) in [4.78, 5) is 25.2. The largest absolute Gasteiger partial charge is 0.369 e. The standard InChI is InChI=1S/C18H24N2O2S/c19-17(21)13-23-14-18(22)20-12-6-2-5-9-16(20)11-10-15-7-3-1-4-8-15/h1,3-4,7-8,10-11,16H,2,5-6,9,12-14H2,(H2,19,21)/b11-10+. The SMILES string of the molecule is NC(=O)CSCC(=O)N1CCCCCC1/C=C/c1ccccc1. The third kappa shape index (κ3) is 6.10. The lowest BCUT2D eigenvalue weighted by atomic mass is 10.1. The third-order valence-corrected chi connectivity index (χ3v) is 4.84. The fourth-order valence-corrected chi connectivity index (χ4v) is 3.40. The zero-order chi connectivity index (χ0) is 16.5. The molecule has 1 fully saturated rings.